The van der Waals surface area contributed by atoms with Gasteiger partial charge in [-0.25, -0.2) is 4.79 Å². The number of fused-ring (bicyclic) bond motifs is 4. The van der Waals surface area contributed by atoms with Gasteiger partial charge in [0.2, 0.25) is 0 Å². The van der Waals surface area contributed by atoms with Crippen LogP contribution in [0.3, 0.4) is 0 Å². The second kappa shape index (κ2) is 6.64. The number of hydrogen-bond donors (Lipinski definition) is 1. The average Bonchev–Trinajstić information content (AvgIpc) is 2.80. The zero-order chi connectivity index (χ0) is 17.5. The Bertz CT molecular complexity index is 548. The van der Waals surface area contributed by atoms with Gasteiger partial charge in [-0.3, -0.25) is 0 Å². The monoisotopic (exact) mass is 334 g/mol. The normalized spacial score (nSPS) is 46.2. The van der Waals surface area contributed by atoms with E-state index in [1.165, 1.54) is 5.57 Å². The predicted octanol–water partition coefficient (Wildman–Crippen LogP) is 3.54. The molecule has 2 saturated heterocycles. The maximum Gasteiger partial charge on any atom is 0.334 e. The number of carbonyl (C=O) groups is 1. The van der Waals surface area contributed by atoms with Crippen molar-refractivity contribution in [2.24, 2.45) is 11.8 Å². The molecule has 134 valence electrons. The van der Waals surface area contributed by atoms with Gasteiger partial charge in [-0.2, -0.15) is 0 Å². The van der Waals surface area contributed by atoms with Crippen LogP contribution in [-0.4, -0.2) is 35.0 Å². The van der Waals surface area contributed by atoms with Crippen molar-refractivity contribution in [2.75, 3.05) is 0 Å². The third-order valence-corrected chi connectivity index (χ3v) is 6.09. The number of carbonyl (C=O) groups excluding carboxylic acids is 1. The highest BCUT2D eigenvalue weighted by molar-refractivity contribution is 5.90. The minimum Gasteiger partial charge on any atom is -0.456 e. The third kappa shape index (κ3) is 3.31. The van der Waals surface area contributed by atoms with Crippen LogP contribution in [-0.2, 0) is 14.3 Å². The summed E-state index contributed by atoms with van der Waals surface area (Å²) in [7, 11) is 0. The van der Waals surface area contributed by atoms with E-state index in [1.54, 1.807) is 0 Å². The van der Waals surface area contributed by atoms with E-state index in [1.807, 2.05) is 6.92 Å². The molecule has 0 radical (unpaired) electrons. The van der Waals surface area contributed by atoms with Gasteiger partial charge in [-0.05, 0) is 58.3 Å². The van der Waals surface area contributed by atoms with Crippen molar-refractivity contribution in [1.29, 1.82) is 0 Å². The van der Waals surface area contributed by atoms with Gasteiger partial charge in [0.25, 0.3) is 0 Å². The van der Waals surface area contributed by atoms with E-state index in [-0.39, 0.29) is 36.1 Å². The van der Waals surface area contributed by atoms with Gasteiger partial charge in [0.15, 0.2) is 0 Å². The quantitative estimate of drug-likeness (QED) is 0.418. The largest absolute Gasteiger partial charge is 0.456 e. The summed E-state index contributed by atoms with van der Waals surface area (Å²) in [4.78, 5) is 12.0. The molecule has 6 atom stereocenters. The van der Waals surface area contributed by atoms with Gasteiger partial charge in [-0.15, -0.1) is 0 Å². The summed E-state index contributed by atoms with van der Waals surface area (Å²) < 4.78 is 11.9. The summed E-state index contributed by atoms with van der Waals surface area (Å²) in [5.41, 5.74) is 1.03. The van der Waals surface area contributed by atoms with Crippen LogP contribution < -0.4 is 0 Å². The van der Waals surface area contributed by atoms with Crippen LogP contribution in [0.5, 0.6) is 0 Å². The first-order chi connectivity index (χ1) is 11.3. The van der Waals surface area contributed by atoms with E-state index >= 15 is 0 Å². The predicted molar refractivity (Wildman–Crippen MR) is 92.4 cm³/mol. The highest BCUT2D eigenvalue weighted by atomic mass is 16.6. The van der Waals surface area contributed by atoms with Crippen LogP contribution in [0.1, 0.15) is 59.3 Å². The standard InChI is InChI=1S/C20H30O4/c1-12-7-5-9-13(2)17-18-15(14(3)19(21)24-18)11-16(23-17)20(4,22)10-6-8-12/h8,13,15-18,22H,3,5-7,9-11H2,1-2,4H3/b12-8-/t13-,15+,16+,17-,18-,20-/m1/s1. The summed E-state index contributed by atoms with van der Waals surface area (Å²) in [5.74, 6) is -0.0506. The Labute approximate surface area is 144 Å². The second-order valence-corrected chi connectivity index (χ2v) is 8.14. The molecule has 3 aliphatic heterocycles. The van der Waals surface area contributed by atoms with Crippen LogP contribution in [0.15, 0.2) is 23.8 Å². The van der Waals surface area contributed by atoms with Gasteiger partial charge in [-0.1, -0.05) is 25.2 Å². The van der Waals surface area contributed by atoms with E-state index in [2.05, 4.69) is 26.5 Å². The Hall–Kier alpha value is -1.13. The highest BCUT2D eigenvalue weighted by Crippen LogP contribution is 2.44. The van der Waals surface area contributed by atoms with Crippen molar-refractivity contribution in [2.45, 2.75) is 83.2 Å². The first-order valence-corrected chi connectivity index (χ1v) is 9.23. The Kier molecular flexibility index (Phi) is 4.89. The van der Waals surface area contributed by atoms with Crippen molar-refractivity contribution in [3.05, 3.63) is 23.8 Å². The van der Waals surface area contributed by atoms with Crippen LogP contribution in [0.25, 0.3) is 0 Å². The van der Waals surface area contributed by atoms with E-state index in [0.29, 0.717) is 18.4 Å². The molecule has 0 spiro atoms. The topological polar surface area (TPSA) is 55.8 Å². The molecule has 0 aromatic carbocycles. The second-order valence-electron chi connectivity index (χ2n) is 8.14. The lowest BCUT2D eigenvalue weighted by atomic mass is 9.76. The fourth-order valence-electron chi connectivity index (χ4n) is 4.36. The van der Waals surface area contributed by atoms with Crippen LogP contribution in [0, 0.1) is 11.8 Å². The minimum atomic E-state index is -0.912. The number of rotatable bonds is 0. The molecule has 24 heavy (non-hydrogen) atoms. The Balaban J connectivity index is 1.90. The molecule has 2 bridgehead atoms. The molecule has 0 saturated carbocycles. The molecule has 4 nitrogen and oxygen atoms in total. The van der Waals surface area contributed by atoms with Gasteiger partial charge in [0.05, 0.1) is 17.8 Å². The fraction of sp³-hybridized carbons (Fsp3) is 0.750. The smallest absolute Gasteiger partial charge is 0.334 e. The first-order valence-electron chi connectivity index (χ1n) is 9.23. The van der Waals surface area contributed by atoms with E-state index in [4.69, 9.17) is 9.47 Å². The van der Waals surface area contributed by atoms with Crippen LogP contribution in [0.4, 0.5) is 0 Å². The molecule has 3 rings (SSSR count). The molecule has 2 fully saturated rings. The van der Waals surface area contributed by atoms with E-state index < -0.39 is 5.60 Å². The molecule has 4 heteroatoms. The molecule has 0 amide bonds. The maximum absolute atomic E-state index is 12.0. The summed E-state index contributed by atoms with van der Waals surface area (Å²) >= 11 is 0. The molecule has 0 aromatic rings. The lowest BCUT2D eigenvalue weighted by Crippen LogP contribution is -2.54. The minimum absolute atomic E-state index is 0.0320. The Morgan fingerprint density at radius 2 is 2.12 bits per heavy atom. The van der Waals surface area contributed by atoms with Gasteiger partial charge in [0.1, 0.15) is 6.10 Å². The molecule has 0 aromatic heterocycles. The molecule has 1 N–H and O–H groups in total. The Morgan fingerprint density at radius 1 is 1.38 bits per heavy atom. The van der Waals surface area contributed by atoms with Gasteiger partial charge >= 0.3 is 5.97 Å². The summed E-state index contributed by atoms with van der Waals surface area (Å²) in [5, 5.41) is 11.0. The maximum atomic E-state index is 12.0. The van der Waals surface area contributed by atoms with Crippen molar-refractivity contribution >= 4 is 5.97 Å². The lowest BCUT2D eigenvalue weighted by Gasteiger charge is -2.45. The molecular weight excluding hydrogens is 304 g/mol. The number of allylic oxidation sites excluding steroid dienone is 2. The van der Waals surface area contributed by atoms with Crippen molar-refractivity contribution in [1.82, 2.24) is 0 Å². The number of ether oxygens (including phenoxy) is 2. The lowest BCUT2D eigenvalue weighted by molar-refractivity contribution is -0.208. The first kappa shape index (κ1) is 17.7. The van der Waals surface area contributed by atoms with E-state index in [9.17, 15) is 9.90 Å². The zero-order valence-corrected chi connectivity index (χ0v) is 15.1. The molecule has 3 heterocycles. The Morgan fingerprint density at radius 3 is 2.88 bits per heavy atom. The number of aliphatic hydroxyl groups is 1. The van der Waals surface area contributed by atoms with Crippen LogP contribution in [0.2, 0.25) is 0 Å². The number of hydrogen-bond acceptors (Lipinski definition) is 4. The van der Waals surface area contributed by atoms with Crippen molar-refractivity contribution in [3.8, 4) is 0 Å². The zero-order valence-electron chi connectivity index (χ0n) is 15.1. The SMILES string of the molecule is C=C1C(=O)O[C@H]2[C@@H]3O[C@@H](C[C@@H]12)[C@](C)(O)CC/C=C(/C)CCC[C@H]3C. The molecule has 3 aliphatic rings. The summed E-state index contributed by atoms with van der Waals surface area (Å²) in [6.07, 6.45) is 6.87. The molecule has 0 aliphatic carbocycles. The van der Waals surface area contributed by atoms with E-state index in [0.717, 1.165) is 25.7 Å². The summed E-state index contributed by atoms with van der Waals surface area (Å²) in [6, 6.07) is 0. The third-order valence-electron chi connectivity index (χ3n) is 6.09. The molecule has 0 unspecified atom stereocenters. The van der Waals surface area contributed by atoms with Gasteiger partial charge in [0, 0.05) is 11.5 Å². The van der Waals surface area contributed by atoms with Crippen molar-refractivity contribution < 1.29 is 19.4 Å². The highest BCUT2D eigenvalue weighted by Gasteiger charge is 2.53. The molecular formula is C20H30O4. The van der Waals surface area contributed by atoms with Crippen LogP contribution >= 0.6 is 0 Å². The summed E-state index contributed by atoms with van der Waals surface area (Å²) in [6.45, 7) is 10.1. The van der Waals surface area contributed by atoms with Gasteiger partial charge < -0.3 is 14.6 Å². The average molecular weight is 334 g/mol. The van der Waals surface area contributed by atoms with Crippen molar-refractivity contribution in [3.63, 3.8) is 0 Å². The number of esters is 1. The fourth-order valence-corrected chi connectivity index (χ4v) is 4.36.